The molecule has 1 aromatic rings. The van der Waals surface area contributed by atoms with Crippen molar-refractivity contribution in [2.75, 3.05) is 31.6 Å². The van der Waals surface area contributed by atoms with Crippen molar-refractivity contribution in [1.29, 1.82) is 0 Å². The number of anilines is 1. The van der Waals surface area contributed by atoms with Crippen molar-refractivity contribution in [2.24, 2.45) is 0 Å². The van der Waals surface area contributed by atoms with Crippen molar-refractivity contribution in [3.05, 3.63) is 22.8 Å². The van der Waals surface area contributed by atoms with Crippen LogP contribution in [0.25, 0.3) is 0 Å². The van der Waals surface area contributed by atoms with Gasteiger partial charge in [0.25, 0.3) is 5.91 Å². The van der Waals surface area contributed by atoms with Gasteiger partial charge >= 0.3 is 0 Å². The summed E-state index contributed by atoms with van der Waals surface area (Å²) in [5, 5.41) is 12.3. The van der Waals surface area contributed by atoms with Gasteiger partial charge in [-0.15, -0.1) is 0 Å². The summed E-state index contributed by atoms with van der Waals surface area (Å²) in [5.41, 5.74) is 0.517. The highest BCUT2D eigenvalue weighted by atomic mass is 35.5. The quantitative estimate of drug-likeness (QED) is 0.724. The summed E-state index contributed by atoms with van der Waals surface area (Å²) in [7, 11) is 0. The van der Waals surface area contributed by atoms with Gasteiger partial charge in [0, 0.05) is 31.8 Å². The van der Waals surface area contributed by atoms with Gasteiger partial charge in [0.05, 0.1) is 0 Å². The normalized spacial score (nSPS) is 10.4. The van der Waals surface area contributed by atoms with Crippen molar-refractivity contribution in [3.8, 4) is 0 Å². The van der Waals surface area contributed by atoms with Crippen LogP contribution in [-0.4, -0.2) is 47.1 Å². The fourth-order valence-electron chi connectivity index (χ4n) is 1.81. The molecular formula is C14H22ClN3O2. The Balaban J connectivity index is 2.87. The van der Waals surface area contributed by atoms with Crippen LogP contribution in [0.2, 0.25) is 5.15 Å². The molecule has 5 nitrogen and oxygen atoms in total. The first kappa shape index (κ1) is 16.7. The lowest BCUT2D eigenvalue weighted by molar-refractivity contribution is 0.0754. The van der Waals surface area contributed by atoms with E-state index in [0.717, 1.165) is 13.0 Å². The summed E-state index contributed by atoms with van der Waals surface area (Å²) in [4.78, 5) is 18.2. The number of carbonyl (C=O) groups excluding carboxylic acids is 1. The molecule has 0 saturated carbocycles. The molecule has 0 unspecified atom stereocenters. The van der Waals surface area contributed by atoms with Crippen molar-refractivity contribution in [3.63, 3.8) is 0 Å². The first-order chi connectivity index (χ1) is 9.62. The Morgan fingerprint density at radius 3 is 2.80 bits per heavy atom. The summed E-state index contributed by atoms with van der Waals surface area (Å²) in [5.74, 6) is 0.519. The maximum Gasteiger partial charge on any atom is 0.254 e. The maximum atomic E-state index is 12.4. The fourth-order valence-corrected chi connectivity index (χ4v) is 2.02. The fraction of sp³-hybridized carbons (Fsp3) is 0.571. The molecule has 0 aromatic carbocycles. The number of nitrogens with one attached hydrogen (secondary N) is 1. The first-order valence-corrected chi connectivity index (χ1v) is 7.31. The smallest absolute Gasteiger partial charge is 0.254 e. The summed E-state index contributed by atoms with van der Waals surface area (Å²) < 4.78 is 0. The topological polar surface area (TPSA) is 65.5 Å². The van der Waals surface area contributed by atoms with E-state index in [9.17, 15) is 4.79 Å². The predicted molar refractivity (Wildman–Crippen MR) is 81.3 cm³/mol. The molecule has 1 amide bonds. The molecule has 0 aliphatic rings. The standard InChI is InChI=1S/C14H22ClN3O2/c1-3-6-16-13-10-11(9-12(15)17-13)14(20)18(4-2)7-5-8-19/h9-10,19H,3-8H2,1-2H3,(H,16,17). The SMILES string of the molecule is CCCNc1cc(C(=O)N(CC)CCCO)cc(Cl)n1. The van der Waals surface area contributed by atoms with Gasteiger partial charge in [-0.25, -0.2) is 4.98 Å². The Hall–Kier alpha value is -1.33. The van der Waals surface area contributed by atoms with E-state index in [1.54, 1.807) is 17.0 Å². The molecule has 6 heteroatoms. The van der Waals surface area contributed by atoms with Gasteiger partial charge in [0.1, 0.15) is 11.0 Å². The van der Waals surface area contributed by atoms with E-state index < -0.39 is 0 Å². The molecule has 0 bridgehead atoms. The lowest BCUT2D eigenvalue weighted by Gasteiger charge is -2.20. The molecule has 0 aliphatic heterocycles. The van der Waals surface area contributed by atoms with Crippen LogP contribution in [0.5, 0.6) is 0 Å². The van der Waals surface area contributed by atoms with Gasteiger partial charge in [-0.2, -0.15) is 0 Å². The van der Waals surface area contributed by atoms with Crippen LogP contribution in [0, 0.1) is 0 Å². The van der Waals surface area contributed by atoms with Crippen molar-refractivity contribution >= 4 is 23.3 Å². The van der Waals surface area contributed by atoms with Crippen molar-refractivity contribution in [2.45, 2.75) is 26.7 Å². The Labute approximate surface area is 125 Å². The second-order valence-corrected chi connectivity index (χ2v) is 4.84. The Kier molecular flexibility index (Phi) is 7.33. The van der Waals surface area contributed by atoms with E-state index in [1.807, 2.05) is 6.92 Å². The number of pyridine rings is 1. The zero-order valence-electron chi connectivity index (χ0n) is 12.0. The molecule has 112 valence electrons. The van der Waals surface area contributed by atoms with E-state index in [2.05, 4.69) is 17.2 Å². The third-order valence-electron chi connectivity index (χ3n) is 2.85. The molecule has 0 saturated heterocycles. The Morgan fingerprint density at radius 1 is 1.45 bits per heavy atom. The number of hydrogen-bond donors (Lipinski definition) is 2. The van der Waals surface area contributed by atoms with Crippen LogP contribution < -0.4 is 5.32 Å². The van der Waals surface area contributed by atoms with Gasteiger partial charge < -0.3 is 15.3 Å². The van der Waals surface area contributed by atoms with Crippen LogP contribution in [0.4, 0.5) is 5.82 Å². The van der Waals surface area contributed by atoms with E-state index in [-0.39, 0.29) is 12.5 Å². The van der Waals surface area contributed by atoms with E-state index in [1.165, 1.54) is 0 Å². The number of aromatic nitrogens is 1. The average molecular weight is 300 g/mol. The predicted octanol–water partition coefficient (Wildman–Crippen LogP) is 2.40. The van der Waals surface area contributed by atoms with E-state index in [0.29, 0.717) is 36.0 Å². The molecule has 1 heterocycles. The second kappa shape index (κ2) is 8.76. The highest BCUT2D eigenvalue weighted by molar-refractivity contribution is 6.29. The minimum Gasteiger partial charge on any atom is -0.396 e. The van der Waals surface area contributed by atoms with Gasteiger partial charge in [-0.1, -0.05) is 18.5 Å². The molecule has 0 radical (unpaired) electrons. The van der Waals surface area contributed by atoms with Gasteiger partial charge in [-0.05, 0) is 31.9 Å². The minimum atomic E-state index is -0.0928. The average Bonchev–Trinajstić information content (AvgIpc) is 2.45. The Morgan fingerprint density at radius 2 is 2.20 bits per heavy atom. The number of hydrogen-bond acceptors (Lipinski definition) is 4. The minimum absolute atomic E-state index is 0.0736. The van der Waals surface area contributed by atoms with Gasteiger partial charge in [-0.3, -0.25) is 4.79 Å². The van der Waals surface area contributed by atoms with Crippen LogP contribution in [0.1, 0.15) is 37.0 Å². The van der Waals surface area contributed by atoms with Crippen LogP contribution >= 0.6 is 11.6 Å². The summed E-state index contributed by atoms with van der Waals surface area (Å²) in [6, 6.07) is 3.29. The van der Waals surface area contributed by atoms with Gasteiger partial charge in [0.2, 0.25) is 0 Å². The lowest BCUT2D eigenvalue weighted by atomic mass is 10.2. The number of carbonyl (C=O) groups is 1. The molecule has 0 fully saturated rings. The monoisotopic (exact) mass is 299 g/mol. The largest absolute Gasteiger partial charge is 0.396 e. The second-order valence-electron chi connectivity index (χ2n) is 4.45. The van der Waals surface area contributed by atoms with Crippen molar-refractivity contribution < 1.29 is 9.90 Å². The van der Waals surface area contributed by atoms with Gasteiger partial charge in [0.15, 0.2) is 0 Å². The third-order valence-corrected chi connectivity index (χ3v) is 3.05. The zero-order chi connectivity index (χ0) is 15.0. The first-order valence-electron chi connectivity index (χ1n) is 6.94. The lowest BCUT2D eigenvalue weighted by Crippen LogP contribution is -2.32. The number of amides is 1. The maximum absolute atomic E-state index is 12.4. The summed E-state index contributed by atoms with van der Waals surface area (Å²) in [6.45, 7) is 5.94. The number of halogens is 1. The zero-order valence-corrected chi connectivity index (χ0v) is 12.8. The number of nitrogens with zero attached hydrogens (tertiary/aromatic N) is 2. The molecule has 1 aromatic heterocycles. The van der Waals surface area contributed by atoms with E-state index >= 15 is 0 Å². The number of aliphatic hydroxyl groups excluding tert-OH is 1. The highest BCUT2D eigenvalue weighted by Gasteiger charge is 2.15. The molecule has 0 atom stereocenters. The van der Waals surface area contributed by atoms with Crippen LogP contribution in [-0.2, 0) is 0 Å². The number of aliphatic hydroxyl groups is 1. The molecule has 0 spiro atoms. The molecule has 0 aliphatic carbocycles. The molecule has 1 rings (SSSR count). The number of rotatable bonds is 8. The summed E-state index contributed by atoms with van der Waals surface area (Å²) in [6.07, 6.45) is 1.54. The van der Waals surface area contributed by atoms with Crippen molar-refractivity contribution in [1.82, 2.24) is 9.88 Å². The Bertz CT molecular complexity index is 440. The van der Waals surface area contributed by atoms with E-state index in [4.69, 9.17) is 16.7 Å². The van der Waals surface area contributed by atoms with Crippen LogP contribution in [0.3, 0.4) is 0 Å². The molecule has 2 N–H and O–H groups in total. The van der Waals surface area contributed by atoms with Crippen LogP contribution in [0.15, 0.2) is 12.1 Å². The highest BCUT2D eigenvalue weighted by Crippen LogP contribution is 2.16. The molecular weight excluding hydrogens is 278 g/mol. The molecule has 20 heavy (non-hydrogen) atoms. The summed E-state index contributed by atoms with van der Waals surface area (Å²) >= 11 is 5.96. The third kappa shape index (κ3) is 4.98.